The molecule has 3 aromatic rings. The number of nitrogens with two attached hydrogens (primary N) is 1. The van der Waals surface area contributed by atoms with Crippen LogP contribution in [0, 0.1) is 0 Å². The average molecular weight is 360 g/mol. The molecule has 3 rings (SSSR count). The number of pyridine rings is 1. The normalized spacial score (nSPS) is 12.3. The highest BCUT2D eigenvalue weighted by Crippen LogP contribution is 2.26. The Bertz CT molecular complexity index is 727. The summed E-state index contributed by atoms with van der Waals surface area (Å²) in [6.07, 6.45) is 2.45. The Labute approximate surface area is 136 Å². The maximum Gasteiger partial charge on any atom is 0.0952 e. The number of aromatic nitrogens is 2. The number of thiazole rings is 1. The zero-order valence-electron chi connectivity index (χ0n) is 11.2. The van der Waals surface area contributed by atoms with Gasteiger partial charge in [0, 0.05) is 28.0 Å². The SMILES string of the molecule is NC(Cc1nc(-c2ccccc2)cs1)c1ncccc1Br. The second-order valence-electron chi connectivity index (χ2n) is 4.67. The van der Waals surface area contributed by atoms with Crippen molar-refractivity contribution in [2.24, 2.45) is 5.73 Å². The summed E-state index contributed by atoms with van der Waals surface area (Å²) in [5, 5.41) is 3.10. The maximum absolute atomic E-state index is 6.25. The Morgan fingerprint density at radius 1 is 1.14 bits per heavy atom. The van der Waals surface area contributed by atoms with Crippen molar-refractivity contribution in [3.63, 3.8) is 0 Å². The van der Waals surface area contributed by atoms with Crippen molar-refractivity contribution in [2.75, 3.05) is 0 Å². The molecule has 0 fully saturated rings. The Balaban J connectivity index is 1.77. The van der Waals surface area contributed by atoms with Crippen molar-refractivity contribution in [3.05, 3.63) is 69.2 Å². The summed E-state index contributed by atoms with van der Waals surface area (Å²) in [6, 6.07) is 13.9. The highest BCUT2D eigenvalue weighted by molar-refractivity contribution is 9.10. The molecule has 1 atom stereocenters. The van der Waals surface area contributed by atoms with Crippen LogP contribution < -0.4 is 5.73 Å². The third kappa shape index (κ3) is 3.37. The summed E-state index contributed by atoms with van der Waals surface area (Å²) in [5.41, 5.74) is 9.25. The van der Waals surface area contributed by atoms with Crippen molar-refractivity contribution >= 4 is 27.3 Å². The highest BCUT2D eigenvalue weighted by atomic mass is 79.9. The lowest BCUT2D eigenvalue weighted by molar-refractivity contribution is 0.689. The van der Waals surface area contributed by atoms with Gasteiger partial charge in [-0.15, -0.1) is 11.3 Å². The van der Waals surface area contributed by atoms with E-state index in [9.17, 15) is 0 Å². The molecule has 1 aromatic carbocycles. The minimum absolute atomic E-state index is 0.157. The fourth-order valence-electron chi connectivity index (χ4n) is 2.10. The Morgan fingerprint density at radius 2 is 1.95 bits per heavy atom. The van der Waals surface area contributed by atoms with Crippen LogP contribution in [0.15, 0.2) is 58.5 Å². The standard InChI is InChI=1S/C16H14BrN3S/c17-12-7-4-8-19-16(12)13(18)9-15-20-14(10-21-15)11-5-2-1-3-6-11/h1-8,10,13H,9,18H2. The first-order valence-electron chi connectivity index (χ1n) is 6.60. The van der Waals surface area contributed by atoms with E-state index in [0.717, 1.165) is 26.4 Å². The van der Waals surface area contributed by atoms with E-state index in [2.05, 4.69) is 43.4 Å². The van der Waals surface area contributed by atoms with Crippen molar-refractivity contribution in [1.29, 1.82) is 0 Å². The number of hydrogen-bond acceptors (Lipinski definition) is 4. The molecule has 0 radical (unpaired) electrons. The predicted octanol–water partition coefficient (Wildman–Crippen LogP) is 4.21. The van der Waals surface area contributed by atoms with Gasteiger partial charge in [0.15, 0.2) is 0 Å². The molecule has 2 aromatic heterocycles. The van der Waals surface area contributed by atoms with Gasteiger partial charge in [0.05, 0.1) is 22.4 Å². The molecule has 2 N–H and O–H groups in total. The molecule has 0 spiro atoms. The maximum atomic E-state index is 6.25. The molecule has 21 heavy (non-hydrogen) atoms. The third-order valence-electron chi connectivity index (χ3n) is 3.15. The third-order valence-corrected chi connectivity index (χ3v) is 4.70. The molecule has 0 aliphatic heterocycles. The van der Waals surface area contributed by atoms with Gasteiger partial charge in [-0.25, -0.2) is 4.98 Å². The fraction of sp³-hybridized carbons (Fsp3) is 0.125. The first kappa shape index (κ1) is 14.4. The largest absolute Gasteiger partial charge is 0.322 e. The molecule has 0 saturated heterocycles. The Morgan fingerprint density at radius 3 is 2.71 bits per heavy atom. The monoisotopic (exact) mass is 359 g/mol. The van der Waals surface area contributed by atoms with Gasteiger partial charge >= 0.3 is 0 Å². The van der Waals surface area contributed by atoms with Gasteiger partial charge in [-0.05, 0) is 28.1 Å². The summed E-state index contributed by atoms with van der Waals surface area (Å²) in [7, 11) is 0. The van der Waals surface area contributed by atoms with Gasteiger partial charge in [-0.3, -0.25) is 4.98 Å². The van der Waals surface area contributed by atoms with Gasteiger partial charge in [-0.2, -0.15) is 0 Å². The number of benzene rings is 1. The van der Waals surface area contributed by atoms with Crippen LogP contribution in [-0.4, -0.2) is 9.97 Å². The lowest BCUT2D eigenvalue weighted by Gasteiger charge is -2.10. The van der Waals surface area contributed by atoms with Crippen LogP contribution in [0.1, 0.15) is 16.7 Å². The van der Waals surface area contributed by atoms with E-state index in [1.54, 1.807) is 17.5 Å². The lowest BCUT2D eigenvalue weighted by atomic mass is 10.1. The van der Waals surface area contributed by atoms with Crippen LogP contribution in [0.3, 0.4) is 0 Å². The predicted molar refractivity (Wildman–Crippen MR) is 90.1 cm³/mol. The zero-order chi connectivity index (χ0) is 14.7. The van der Waals surface area contributed by atoms with E-state index in [4.69, 9.17) is 5.73 Å². The summed E-state index contributed by atoms with van der Waals surface area (Å²) < 4.78 is 0.942. The van der Waals surface area contributed by atoms with Gasteiger partial charge in [0.1, 0.15) is 0 Å². The van der Waals surface area contributed by atoms with Crippen LogP contribution >= 0.6 is 27.3 Å². The number of rotatable bonds is 4. The Kier molecular flexibility index (Phi) is 4.43. The molecular formula is C16H14BrN3S. The summed E-state index contributed by atoms with van der Waals surface area (Å²) in [5.74, 6) is 0. The van der Waals surface area contributed by atoms with Crippen molar-refractivity contribution in [1.82, 2.24) is 9.97 Å². The van der Waals surface area contributed by atoms with E-state index in [1.807, 2.05) is 30.3 Å². The molecule has 0 bridgehead atoms. The molecule has 106 valence electrons. The van der Waals surface area contributed by atoms with Crippen molar-refractivity contribution in [2.45, 2.75) is 12.5 Å². The molecule has 0 aliphatic rings. The summed E-state index contributed by atoms with van der Waals surface area (Å²) >= 11 is 5.13. The van der Waals surface area contributed by atoms with Crippen LogP contribution in [-0.2, 0) is 6.42 Å². The molecule has 2 heterocycles. The van der Waals surface area contributed by atoms with Crippen LogP contribution in [0.4, 0.5) is 0 Å². The first-order chi connectivity index (χ1) is 10.2. The second kappa shape index (κ2) is 6.47. The van der Waals surface area contributed by atoms with E-state index >= 15 is 0 Å². The van der Waals surface area contributed by atoms with Gasteiger partial charge in [-0.1, -0.05) is 30.3 Å². The van der Waals surface area contributed by atoms with Gasteiger partial charge in [0.25, 0.3) is 0 Å². The highest BCUT2D eigenvalue weighted by Gasteiger charge is 2.14. The van der Waals surface area contributed by atoms with Crippen molar-refractivity contribution < 1.29 is 0 Å². The van der Waals surface area contributed by atoms with Crippen LogP contribution in [0.2, 0.25) is 0 Å². The minimum Gasteiger partial charge on any atom is -0.322 e. The summed E-state index contributed by atoms with van der Waals surface area (Å²) in [4.78, 5) is 9.02. The van der Waals surface area contributed by atoms with Gasteiger partial charge in [0.2, 0.25) is 0 Å². The minimum atomic E-state index is -0.157. The van der Waals surface area contributed by atoms with Gasteiger partial charge < -0.3 is 5.73 Å². The fourth-order valence-corrected chi connectivity index (χ4v) is 3.51. The lowest BCUT2D eigenvalue weighted by Crippen LogP contribution is -2.15. The average Bonchev–Trinajstić information content (AvgIpc) is 2.97. The van der Waals surface area contributed by atoms with E-state index in [0.29, 0.717) is 6.42 Å². The quantitative estimate of drug-likeness (QED) is 0.758. The zero-order valence-corrected chi connectivity index (χ0v) is 13.6. The van der Waals surface area contributed by atoms with E-state index in [-0.39, 0.29) is 6.04 Å². The van der Waals surface area contributed by atoms with Crippen LogP contribution in [0.25, 0.3) is 11.3 Å². The second-order valence-corrected chi connectivity index (χ2v) is 6.47. The van der Waals surface area contributed by atoms with E-state index in [1.165, 1.54) is 0 Å². The smallest absolute Gasteiger partial charge is 0.0952 e. The van der Waals surface area contributed by atoms with Crippen LogP contribution in [0.5, 0.6) is 0 Å². The molecule has 1 unspecified atom stereocenters. The topological polar surface area (TPSA) is 51.8 Å². The molecule has 3 nitrogen and oxygen atoms in total. The number of nitrogens with zero attached hydrogens (tertiary/aromatic N) is 2. The van der Waals surface area contributed by atoms with Crippen molar-refractivity contribution in [3.8, 4) is 11.3 Å². The molecular weight excluding hydrogens is 346 g/mol. The first-order valence-corrected chi connectivity index (χ1v) is 8.27. The molecule has 0 aliphatic carbocycles. The molecule has 5 heteroatoms. The van der Waals surface area contributed by atoms with E-state index < -0.39 is 0 Å². The molecule has 0 saturated carbocycles. The number of halogens is 1. The summed E-state index contributed by atoms with van der Waals surface area (Å²) in [6.45, 7) is 0. The Hall–Kier alpha value is -1.56. The molecule has 0 amide bonds. The number of hydrogen-bond donors (Lipinski definition) is 1.